The molecule has 1 rings (SSSR count). The summed E-state index contributed by atoms with van der Waals surface area (Å²) in [6.45, 7) is 29.3. The minimum atomic E-state index is -0.315. The molecule has 0 bridgehead atoms. The van der Waals surface area contributed by atoms with E-state index in [-0.39, 0.29) is 17.8 Å². The van der Waals surface area contributed by atoms with Crippen molar-refractivity contribution in [3.63, 3.8) is 0 Å². The smallest absolute Gasteiger partial charge is 0.333 e. The molecule has 0 aromatic heterocycles. The molecule has 1 aliphatic rings. The van der Waals surface area contributed by atoms with Gasteiger partial charge < -0.3 is 9.84 Å². The van der Waals surface area contributed by atoms with Crippen molar-refractivity contribution in [2.45, 2.75) is 74.3 Å². The Hall–Kier alpha value is -3.87. The van der Waals surface area contributed by atoms with Gasteiger partial charge in [-0.25, -0.2) is 4.79 Å². The fourth-order valence-corrected chi connectivity index (χ4v) is 2.27. The van der Waals surface area contributed by atoms with E-state index >= 15 is 0 Å². The van der Waals surface area contributed by atoms with E-state index in [1.165, 1.54) is 6.08 Å². The maximum Gasteiger partial charge on any atom is 0.333 e. The molecule has 0 saturated heterocycles. The number of allylic oxidation sites excluding steroid dienone is 11. The Bertz CT molecular complexity index is 1030. The highest BCUT2D eigenvalue weighted by atomic mass is 16.5. The number of ether oxygens (including phenoxy) is 1. The van der Waals surface area contributed by atoms with E-state index in [4.69, 9.17) is 9.84 Å². The highest BCUT2D eigenvalue weighted by molar-refractivity contribution is 5.87. The molecular formula is C30H44N4O3. The first-order valence-corrected chi connectivity index (χ1v) is 12.2. The van der Waals surface area contributed by atoms with Crippen LogP contribution >= 0.6 is 0 Å². The lowest BCUT2D eigenvalue weighted by molar-refractivity contribution is -0.142. The number of nitrogens with zero attached hydrogens (tertiary/aromatic N) is 4. The zero-order valence-corrected chi connectivity index (χ0v) is 23.8. The third-order valence-electron chi connectivity index (χ3n) is 4.30. The zero-order chi connectivity index (χ0) is 29.0. The standard InChI is InChI=1S/C21H26N4O.C7H12O2.C2H6/c1-7-8-9-15(2)19(6)23-24-20-12-13-21(16(3)14-20)25-22-17(4)10-11-18(5)26;1-5(2)7(8)9-6(3)4;1-2/h7-11,14,26H,1,4-5,12-13H2,2-3,6H3;6H,1H2,2-4H3;1-2H3/b9-8-,11-10-,19-15+,24-23?,25-22?;;. The highest BCUT2D eigenvalue weighted by Gasteiger charge is 2.10. The molecule has 0 aromatic carbocycles. The number of aliphatic hydroxyl groups is 1. The SMILES string of the molecule is C=C(C)C(=O)OC(C)C.C=C/C=C\C(C)=C(/C)N=NC1=CC(C)=C(N=NC(=C)/C=C\C(=C)O)CC1.CC. The van der Waals surface area contributed by atoms with Gasteiger partial charge in [0.15, 0.2) is 0 Å². The van der Waals surface area contributed by atoms with Crippen molar-refractivity contribution in [2.75, 3.05) is 0 Å². The predicted octanol–water partition coefficient (Wildman–Crippen LogP) is 9.56. The molecule has 0 unspecified atom stereocenters. The van der Waals surface area contributed by atoms with E-state index < -0.39 is 0 Å². The summed E-state index contributed by atoms with van der Waals surface area (Å²) < 4.78 is 4.77. The summed E-state index contributed by atoms with van der Waals surface area (Å²) >= 11 is 0. The van der Waals surface area contributed by atoms with Gasteiger partial charge in [0.2, 0.25) is 0 Å². The second-order valence-corrected chi connectivity index (χ2v) is 8.08. The van der Waals surface area contributed by atoms with Gasteiger partial charge in [0.25, 0.3) is 0 Å². The van der Waals surface area contributed by atoms with E-state index in [9.17, 15) is 4.79 Å². The molecule has 0 radical (unpaired) electrons. The molecule has 1 aliphatic carbocycles. The van der Waals surface area contributed by atoms with Crippen LogP contribution < -0.4 is 0 Å². The lowest BCUT2D eigenvalue weighted by atomic mass is 10.0. The number of rotatable bonds is 10. The van der Waals surface area contributed by atoms with E-state index in [0.29, 0.717) is 11.3 Å². The number of carbonyl (C=O) groups is 1. The highest BCUT2D eigenvalue weighted by Crippen LogP contribution is 2.26. The van der Waals surface area contributed by atoms with Crippen LogP contribution in [0, 0.1) is 0 Å². The van der Waals surface area contributed by atoms with Gasteiger partial charge in [-0.3, -0.25) is 0 Å². The van der Waals surface area contributed by atoms with Crippen molar-refractivity contribution in [3.8, 4) is 0 Å². The number of aliphatic hydroxyl groups excluding tert-OH is 1. The van der Waals surface area contributed by atoms with E-state index in [0.717, 1.165) is 41.1 Å². The number of hydrogen-bond acceptors (Lipinski definition) is 7. The maximum absolute atomic E-state index is 10.6. The van der Waals surface area contributed by atoms with Crippen LogP contribution in [0.1, 0.15) is 68.2 Å². The van der Waals surface area contributed by atoms with Crippen LogP contribution in [0.5, 0.6) is 0 Å². The largest absolute Gasteiger partial charge is 0.509 e. The monoisotopic (exact) mass is 508 g/mol. The molecule has 0 atom stereocenters. The van der Waals surface area contributed by atoms with Gasteiger partial charge in [-0.2, -0.15) is 20.5 Å². The second-order valence-electron chi connectivity index (χ2n) is 8.08. The van der Waals surface area contributed by atoms with Crippen LogP contribution in [0.25, 0.3) is 0 Å². The maximum atomic E-state index is 10.6. The molecular weight excluding hydrogens is 464 g/mol. The molecule has 0 aromatic rings. The third-order valence-corrected chi connectivity index (χ3v) is 4.30. The minimum absolute atomic E-state index is 0.0470. The summed E-state index contributed by atoms with van der Waals surface area (Å²) in [5.74, 6) is -0.364. The summed E-state index contributed by atoms with van der Waals surface area (Å²) in [6, 6.07) is 0. The topological polar surface area (TPSA) is 96.0 Å². The lowest BCUT2D eigenvalue weighted by Gasteiger charge is -2.11. The average Bonchev–Trinajstić information content (AvgIpc) is 2.85. The summed E-state index contributed by atoms with van der Waals surface area (Å²) in [4.78, 5) is 10.6. The van der Waals surface area contributed by atoms with Gasteiger partial charge in [-0.15, -0.1) is 0 Å². The van der Waals surface area contributed by atoms with Crippen LogP contribution in [0.2, 0.25) is 0 Å². The minimum Gasteiger partial charge on any atom is -0.509 e. The van der Waals surface area contributed by atoms with E-state index in [1.54, 1.807) is 32.9 Å². The summed E-state index contributed by atoms with van der Waals surface area (Å²) in [5, 5.41) is 25.9. The van der Waals surface area contributed by atoms with Crippen LogP contribution in [0.4, 0.5) is 0 Å². The van der Waals surface area contributed by atoms with Gasteiger partial charge in [0, 0.05) is 5.57 Å². The van der Waals surface area contributed by atoms with Gasteiger partial charge >= 0.3 is 5.97 Å². The van der Waals surface area contributed by atoms with Crippen molar-refractivity contribution < 1.29 is 14.6 Å². The Balaban J connectivity index is 0. The Kier molecular flexibility index (Phi) is 19.4. The normalized spacial score (nSPS) is 14.1. The molecule has 202 valence electrons. The molecule has 0 heterocycles. The number of hydrogen-bond donors (Lipinski definition) is 1. The van der Waals surface area contributed by atoms with Crippen molar-refractivity contribution >= 4 is 5.97 Å². The molecule has 7 heteroatoms. The third kappa shape index (κ3) is 18.1. The predicted molar refractivity (Wildman–Crippen MR) is 155 cm³/mol. The van der Waals surface area contributed by atoms with Gasteiger partial charge in [0.05, 0.1) is 28.9 Å². The van der Waals surface area contributed by atoms with Gasteiger partial charge in [-0.1, -0.05) is 58.4 Å². The lowest BCUT2D eigenvalue weighted by Crippen LogP contribution is -2.11. The Morgan fingerprint density at radius 1 is 1.03 bits per heavy atom. The van der Waals surface area contributed by atoms with Crippen molar-refractivity contribution in [2.24, 2.45) is 20.5 Å². The Morgan fingerprint density at radius 2 is 1.65 bits per heavy atom. The van der Waals surface area contributed by atoms with E-state index in [2.05, 4.69) is 46.8 Å². The van der Waals surface area contributed by atoms with Crippen molar-refractivity contribution in [1.29, 1.82) is 0 Å². The first-order chi connectivity index (χ1) is 17.4. The Morgan fingerprint density at radius 3 is 2.11 bits per heavy atom. The second kappa shape index (κ2) is 20.3. The molecule has 37 heavy (non-hydrogen) atoms. The molecule has 0 amide bonds. The quantitative estimate of drug-likeness (QED) is 0.105. The van der Waals surface area contributed by atoms with Crippen LogP contribution in [-0.2, 0) is 9.53 Å². The molecule has 0 saturated carbocycles. The van der Waals surface area contributed by atoms with Crippen LogP contribution in [0.15, 0.2) is 128 Å². The number of azo groups is 2. The van der Waals surface area contributed by atoms with Crippen molar-refractivity contribution in [1.82, 2.24) is 0 Å². The van der Waals surface area contributed by atoms with Crippen LogP contribution in [-0.4, -0.2) is 17.2 Å². The van der Waals surface area contributed by atoms with Gasteiger partial charge in [0.1, 0.15) is 5.76 Å². The first kappa shape index (κ1) is 35.3. The van der Waals surface area contributed by atoms with E-state index in [1.807, 2.05) is 52.8 Å². The number of carbonyl (C=O) groups excluding carboxylic acids is 1. The fourth-order valence-electron chi connectivity index (χ4n) is 2.27. The van der Waals surface area contributed by atoms with Crippen LogP contribution in [0.3, 0.4) is 0 Å². The first-order valence-electron chi connectivity index (χ1n) is 12.2. The number of esters is 1. The molecule has 0 spiro atoms. The molecule has 1 N–H and O–H groups in total. The molecule has 0 fully saturated rings. The molecule has 7 nitrogen and oxygen atoms in total. The summed E-state index contributed by atoms with van der Waals surface area (Å²) in [5.41, 5.74) is 5.61. The fraction of sp³-hybridized carbons (Fsp3) is 0.367. The summed E-state index contributed by atoms with van der Waals surface area (Å²) in [7, 11) is 0. The Labute approximate surface area is 223 Å². The summed E-state index contributed by atoms with van der Waals surface area (Å²) in [6.07, 6.45) is 11.9. The van der Waals surface area contributed by atoms with Crippen molar-refractivity contribution in [3.05, 3.63) is 108 Å². The van der Waals surface area contributed by atoms with Gasteiger partial charge in [-0.05, 0) is 83.8 Å². The zero-order valence-electron chi connectivity index (χ0n) is 23.8. The molecule has 0 aliphatic heterocycles. The average molecular weight is 509 g/mol.